The Morgan fingerprint density at radius 1 is 1.05 bits per heavy atom. The normalized spacial score (nSPS) is 16.4. The van der Waals surface area contributed by atoms with Crippen LogP contribution in [-0.2, 0) is 11.3 Å². The van der Waals surface area contributed by atoms with E-state index < -0.39 is 0 Å². The standard InChI is InChI=1S/C17H13N3O/c18-8-12-5-6-15(7-14(12)9-19)20-17-11-21-10-13-3-1-2-4-16(13)17/h1-7,17,20H,10-11H2. The SMILES string of the molecule is N#Cc1ccc(NC2COCc3ccccc32)cc1C#N. The Morgan fingerprint density at radius 3 is 2.67 bits per heavy atom. The van der Waals surface area contributed by atoms with Crippen LogP contribution < -0.4 is 5.32 Å². The van der Waals surface area contributed by atoms with E-state index >= 15 is 0 Å². The van der Waals surface area contributed by atoms with Gasteiger partial charge in [-0.25, -0.2) is 0 Å². The minimum absolute atomic E-state index is 0.0504. The maximum absolute atomic E-state index is 9.08. The molecule has 0 aliphatic carbocycles. The molecule has 102 valence electrons. The first-order valence-electron chi connectivity index (χ1n) is 6.68. The topological polar surface area (TPSA) is 68.8 Å². The summed E-state index contributed by atoms with van der Waals surface area (Å²) < 4.78 is 5.60. The first kappa shape index (κ1) is 13.2. The van der Waals surface area contributed by atoms with Crippen LogP contribution in [-0.4, -0.2) is 6.61 Å². The van der Waals surface area contributed by atoms with E-state index in [1.807, 2.05) is 30.3 Å². The van der Waals surface area contributed by atoms with Gasteiger partial charge in [0.25, 0.3) is 0 Å². The second-order valence-electron chi connectivity index (χ2n) is 4.89. The van der Waals surface area contributed by atoms with Crippen molar-refractivity contribution < 1.29 is 4.74 Å². The Labute approximate surface area is 123 Å². The fraction of sp³-hybridized carbons (Fsp3) is 0.176. The van der Waals surface area contributed by atoms with Crippen molar-refractivity contribution in [1.29, 1.82) is 10.5 Å². The molecular formula is C17H13N3O. The van der Waals surface area contributed by atoms with Crippen LogP contribution in [0.1, 0.15) is 28.3 Å². The maximum atomic E-state index is 9.08. The van der Waals surface area contributed by atoms with Crippen molar-refractivity contribution in [2.75, 3.05) is 11.9 Å². The summed E-state index contributed by atoms with van der Waals surface area (Å²) in [6.07, 6.45) is 0. The predicted octanol–water partition coefficient (Wildman–Crippen LogP) is 3.11. The third-order valence-electron chi connectivity index (χ3n) is 3.57. The highest BCUT2D eigenvalue weighted by atomic mass is 16.5. The zero-order chi connectivity index (χ0) is 14.7. The Morgan fingerprint density at radius 2 is 1.86 bits per heavy atom. The van der Waals surface area contributed by atoms with E-state index in [1.165, 1.54) is 11.1 Å². The van der Waals surface area contributed by atoms with Gasteiger partial charge >= 0.3 is 0 Å². The van der Waals surface area contributed by atoms with Crippen LogP contribution in [0.4, 0.5) is 5.69 Å². The lowest BCUT2D eigenvalue weighted by molar-refractivity contribution is 0.0970. The van der Waals surface area contributed by atoms with Crippen molar-refractivity contribution in [2.45, 2.75) is 12.6 Å². The first-order chi connectivity index (χ1) is 10.3. The van der Waals surface area contributed by atoms with Crippen LogP contribution >= 0.6 is 0 Å². The van der Waals surface area contributed by atoms with Gasteiger partial charge in [0.2, 0.25) is 0 Å². The highest BCUT2D eigenvalue weighted by molar-refractivity contribution is 5.57. The van der Waals surface area contributed by atoms with Crippen molar-refractivity contribution in [3.8, 4) is 12.1 Å². The molecule has 0 radical (unpaired) electrons. The van der Waals surface area contributed by atoms with Crippen LogP contribution in [0.25, 0.3) is 0 Å². The predicted molar refractivity (Wildman–Crippen MR) is 78.3 cm³/mol. The highest BCUT2D eigenvalue weighted by Gasteiger charge is 2.20. The number of fused-ring (bicyclic) bond motifs is 1. The zero-order valence-electron chi connectivity index (χ0n) is 11.3. The molecule has 1 aliphatic rings. The van der Waals surface area contributed by atoms with Gasteiger partial charge in [-0.15, -0.1) is 0 Å². The molecule has 2 aromatic carbocycles. The van der Waals surface area contributed by atoms with Gasteiger partial charge in [0.1, 0.15) is 12.1 Å². The van der Waals surface area contributed by atoms with E-state index in [0.717, 1.165) is 5.69 Å². The zero-order valence-corrected chi connectivity index (χ0v) is 11.3. The molecule has 0 fully saturated rings. The molecule has 1 heterocycles. The van der Waals surface area contributed by atoms with Crippen LogP contribution in [0.2, 0.25) is 0 Å². The lowest BCUT2D eigenvalue weighted by Gasteiger charge is -2.27. The molecule has 0 aromatic heterocycles. The molecule has 0 spiro atoms. The minimum Gasteiger partial charge on any atom is -0.376 e. The van der Waals surface area contributed by atoms with Crippen molar-refractivity contribution >= 4 is 5.69 Å². The van der Waals surface area contributed by atoms with Crippen LogP contribution in [0.15, 0.2) is 42.5 Å². The molecule has 0 saturated heterocycles. The number of nitrogens with one attached hydrogen (secondary N) is 1. The first-order valence-corrected chi connectivity index (χ1v) is 6.68. The summed E-state index contributed by atoms with van der Waals surface area (Å²) in [4.78, 5) is 0. The Balaban J connectivity index is 1.89. The molecule has 1 N–H and O–H groups in total. The summed E-state index contributed by atoms with van der Waals surface area (Å²) in [7, 11) is 0. The number of benzene rings is 2. The molecule has 1 unspecified atom stereocenters. The van der Waals surface area contributed by atoms with Crippen LogP contribution in [0.5, 0.6) is 0 Å². The quantitative estimate of drug-likeness (QED) is 0.914. The van der Waals surface area contributed by atoms with Crippen molar-refractivity contribution in [2.24, 2.45) is 0 Å². The van der Waals surface area contributed by atoms with Gasteiger partial charge in [0.05, 0.1) is 30.4 Å². The van der Waals surface area contributed by atoms with E-state index in [1.54, 1.807) is 12.1 Å². The Kier molecular flexibility index (Phi) is 3.55. The molecule has 1 atom stereocenters. The van der Waals surface area contributed by atoms with Gasteiger partial charge < -0.3 is 10.1 Å². The number of rotatable bonds is 2. The fourth-order valence-corrected chi connectivity index (χ4v) is 2.53. The van der Waals surface area contributed by atoms with E-state index in [9.17, 15) is 0 Å². The molecule has 3 rings (SSSR count). The molecule has 4 heteroatoms. The van der Waals surface area contributed by atoms with Crippen LogP contribution in [0.3, 0.4) is 0 Å². The largest absolute Gasteiger partial charge is 0.376 e. The maximum Gasteiger partial charge on any atom is 0.101 e. The monoisotopic (exact) mass is 275 g/mol. The Hall–Kier alpha value is -2.82. The fourth-order valence-electron chi connectivity index (χ4n) is 2.53. The van der Waals surface area contributed by atoms with Crippen molar-refractivity contribution in [3.63, 3.8) is 0 Å². The van der Waals surface area contributed by atoms with E-state index in [4.69, 9.17) is 15.3 Å². The molecule has 0 saturated carbocycles. The summed E-state index contributed by atoms with van der Waals surface area (Å²) in [5.74, 6) is 0. The third-order valence-corrected chi connectivity index (χ3v) is 3.57. The smallest absolute Gasteiger partial charge is 0.101 e. The van der Waals surface area contributed by atoms with Gasteiger partial charge in [-0.05, 0) is 29.3 Å². The number of anilines is 1. The highest BCUT2D eigenvalue weighted by Crippen LogP contribution is 2.28. The summed E-state index contributed by atoms with van der Waals surface area (Å²) in [5, 5.41) is 21.4. The van der Waals surface area contributed by atoms with E-state index in [0.29, 0.717) is 24.3 Å². The lowest BCUT2D eigenvalue weighted by Crippen LogP contribution is -2.23. The van der Waals surface area contributed by atoms with Gasteiger partial charge in [-0.2, -0.15) is 10.5 Å². The number of nitriles is 2. The van der Waals surface area contributed by atoms with E-state index in [2.05, 4.69) is 17.4 Å². The van der Waals surface area contributed by atoms with Crippen molar-refractivity contribution in [3.05, 3.63) is 64.7 Å². The summed E-state index contributed by atoms with van der Waals surface area (Å²) in [6.45, 7) is 1.21. The minimum atomic E-state index is 0.0504. The summed E-state index contributed by atoms with van der Waals surface area (Å²) in [5.41, 5.74) is 3.98. The van der Waals surface area contributed by atoms with Gasteiger partial charge in [-0.3, -0.25) is 0 Å². The molecule has 2 aromatic rings. The molecule has 0 bridgehead atoms. The molecule has 21 heavy (non-hydrogen) atoms. The van der Waals surface area contributed by atoms with Crippen LogP contribution in [0, 0.1) is 22.7 Å². The molecule has 4 nitrogen and oxygen atoms in total. The van der Waals surface area contributed by atoms with Gasteiger partial charge in [-0.1, -0.05) is 24.3 Å². The number of hydrogen-bond acceptors (Lipinski definition) is 4. The van der Waals surface area contributed by atoms with Crippen molar-refractivity contribution in [1.82, 2.24) is 0 Å². The average Bonchev–Trinajstić information content (AvgIpc) is 2.55. The average molecular weight is 275 g/mol. The number of hydrogen-bond donors (Lipinski definition) is 1. The Bertz CT molecular complexity index is 755. The summed E-state index contributed by atoms with van der Waals surface area (Å²) in [6, 6.07) is 17.5. The number of nitrogens with zero attached hydrogens (tertiary/aromatic N) is 2. The summed E-state index contributed by atoms with van der Waals surface area (Å²) >= 11 is 0. The second-order valence-corrected chi connectivity index (χ2v) is 4.89. The van der Waals surface area contributed by atoms with Gasteiger partial charge in [0, 0.05) is 5.69 Å². The molecule has 1 aliphatic heterocycles. The lowest BCUT2D eigenvalue weighted by atomic mass is 9.98. The van der Waals surface area contributed by atoms with Gasteiger partial charge in [0.15, 0.2) is 0 Å². The second kappa shape index (κ2) is 5.66. The molecule has 0 amide bonds. The third kappa shape index (κ3) is 2.58. The van der Waals surface area contributed by atoms with E-state index in [-0.39, 0.29) is 6.04 Å². The molecular weight excluding hydrogens is 262 g/mol. The number of ether oxygens (including phenoxy) is 1.